The molecule has 140 valence electrons. The molecule has 7 heteroatoms. The second-order valence-corrected chi connectivity index (χ2v) is 7.09. The molecule has 2 heterocycles. The first-order chi connectivity index (χ1) is 13.5. The fourth-order valence-corrected chi connectivity index (χ4v) is 3.81. The third kappa shape index (κ3) is 3.00. The molecular weight excluding hydrogens is 394 g/mol. The molecule has 1 N–H and O–H groups in total. The van der Waals surface area contributed by atoms with Gasteiger partial charge in [0.25, 0.3) is 11.8 Å². The Morgan fingerprint density at radius 2 is 1.82 bits per heavy atom. The highest BCUT2D eigenvalue weighted by Gasteiger charge is 2.35. The van der Waals surface area contributed by atoms with Gasteiger partial charge in [-0.05, 0) is 43.4 Å². The van der Waals surface area contributed by atoms with Crippen molar-refractivity contribution in [2.45, 2.75) is 13.5 Å². The monoisotopic (exact) mass is 409 g/mol. The summed E-state index contributed by atoms with van der Waals surface area (Å²) < 4.78 is 2.07. The maximum atomic E-state index is 13.2. The molecular formula is C21H16ClN3O2S. The first-order valence-electron chi connectivity index (χ1n) is 8.75. The van der Waals surface area contributed by atoms with Gasteiger partial charge in [-0.2, -0.15) is 0 Å². The molecule has 1 aromatic heterocycles. The van der Waals surface area contributed by atoms with Crippen LogP contribution in [0.2, 0.25) is 5.02 Å². The van der Waals surface area contributed by atoms with E-state index in [4.69, 9.17) is 23.8 Å². The van der Waals surface area contributed by atoms with E-state index in [1.165, 1.54) is 4.90 Å². The van der Waals surface area contributed by atoms with Crippen LogP contribution in [0.15, 0.2) is 60.3 Å². The van der Waals surface area contributed by atoms with Gasteiger partial charge in [-0.15, -0.1) is 0 Å². The van der Waals surface area contributed by atoms with Crippen LogP contribution < -0.4 is 10.2 Å². The SMILES string of the molecule is CCn1cc(/C=C2/C(=O)NC(=S)N(c3ccccc3Cl)C2=O)c2ccccc21. The molecule has 0 bridgehead atoms. The third-order valence-electron chi connectivity index (χ3n) is 4.65. The van der Waals surface area contributed by atoms with E-state index >= 15 is 0 Å². The van der Waals surface area contributed by atoms with Crippen LogP contribution in [-0.2, 0) is 16.1 Å². The molecule has 2 amide bonds. The van der Waals surface area contributed by atoms with Crippen molar-refractivity contribution in [1.82, 2.24) is 9.88 Å². The largest absolute Gasteiger partial charge is 0.347 e. The predicted octanol–water partition coefficient (Wildman–Crippen LogP) is 4.15. The normalized spacial score (nSPS) is 16.1. The fourth-order valence-electron chi connectivity index (χ4n) is 3.32. The van der Waals surface area contributed by atoms with E-state index in [9.17, 15) is 9.59 Å². The van der Waals surface area contributed by atoms with Crippen LogP contribution >= 0.6 is 23.8 Å². The van der Waals surface area contributed by atoms with Crippen molar-refractivity contribution in [1.29, 1.82) is 0 Å². The van der Waals surface area contributed by atoms with Crippen LogP contribution in [0.4, 0.5) is 5.69 Å². The Morgan fingerprint density at radius 3 is 2.57 bits per heavy atom. The third-order valence-corrected chi connectivity index (χ3v) is 5.26. The lowest BCUT2D eigenvalue weighted by Gasteiger charge is -2.29. The van der Waals surface area contributed by atoms with Crippen molar-refractivity contribution < 1.29 is 9.59 Å². The number of carbonyl (C=O) groups is 2. The number of rotatable bonds is 3. The van der Waals surface area contributed by atoms with Crippen LogP contribution in [0, 0.1) is 0 Å². The number of aryl methyl sites for hydroxylation is 1. The fraction of sp³-hybridized carbons (Fsp3) is 0.0952. The average molecular weight is 410 g/mol. The zero-order valence-electron chi connectivity index (χ0n) is 15.0. The van der Waals surface area contributed by atoms with Crippen molar-refractivity contribution in [3.8, 4) is 0 Å². The number of para-hydroxylation sites is 2. The van der Waals surface area contributed by atoms with E-state index in [1.54, 1.807) is 30.3 Å². The zero-order valence-corrected chi connectivity index (χ0v) is 16.6. The minimum atomic E-state index is -0.522. The predicted molar refractivity (Wildman–Crippen MR) is 115 cm³/mol. The van der Waals surface area contributed by atoms with Gasteiger partial charge in [0.2, 0.25) is 0 Å². The molecule has 4 rings (SSSR count). The number of fused-ring (bicyclic) bond motifs is 1. The van der Waals surface area contributed by atoms with Gasteiger partial charge >= 0.3 is 0 Å². The molecule has 1 saturated heterocycles. The van der Waals surface area contributed by atoms with E-state index in [1.807, 2.05) is 37.4 Å². The van der Waals surface area contributed by atoms with Crippen molar-refractivity contribution in [3.05, 3.63) is 70.9 Å². The van der Waals surface area contributed by atoms with E-state index in [-0.39, 0.29) is 10.7 Å². The Kier molecular flexibility index (Phi) is 4.75. The Balaban J connectivity index is 1.83. The summed E-state index contributed by atoms with van der Waals surface area (Å²) in [6.45, 7) is 2.82. The number of hydrogen-bond donors (Lipinski definition) is 1. The van der Waals surface area contributed by atoms with Gasteiger partial charge in [-0.25, -0.2) is 0 Å². The minimum Gasteiger partial charge on any atom is -0.347 e. The van der Waals surface area contributed by atoms with Crippen LogP contribution in [-0.4, -0.2) is 21.5 Å². The smallest absolute Gasteiger partial charge is 0.270 e. The van der Waals surface area contributed by atoms with E-state index in [0.29, 0.717) is 10.7 Å². The maximum absolute atomic E-state index is 13.2. The molecule has 2 aromatic carbocycles. The van der Waals surface area contributed by atoms with E-state index in [0.717, 1.165) is 23.0 Å². The highest BCUT2D eigenvalue weighted by molar-refractivity contribution is 7.80. The summed E-state index contributed by atoms with van der Waals surface area (Å²) in [5, 5.41) is 3.94. The summed E-state index contributed by atoms with van der Waals surface area (Å²) in [7, 11) is 0. The van der Waals surface area contributed by atoms with Gasteiger partial charge in [0.15, 0.2) is 5.11 Å². The highest BCUT2D eigenvalue weighted by Crippen LogP contribution is 2.30. The number of halogens is 1. The number of amides is 2. The molecule has 1 aliphatic heterocycles. The summed E-state index contributed by atoms with van der Waals surface area (Å²) >= 11 is 11.5. The van der Waals surface area contributed by atoms with Crippen molar-refractivity contribution in [3.63, 3.8) is 0 Å². The average Bonchev–Trinajstić information content (AvgIpc) is 3.04. The minimum absolute atomic E-state index is 0.00697. The summed E-state index contributed by atoms with van der Waals surface area (Å²) in [5.41, 5.74) is 2.27. The number of benzene rings is 2. The molecule has 0 aliphatic carbocycles. The quantitative estimate of drug-likeness (QED) is 0.401. The lowest BCUT2D eigenvalue weighted by atomic mass is 10.1. The first-order valence-corrected chi connectivity index (χ1v) is 9.53. The van der Waals surface area contributed by atoms with Gasteiger partial charge in [0, 0.05) is 29.2 Å². The summed E-state index contributed by atoms with van der Waals surface area (Å²) in [4.78, 5) is 27.0. The molecule has 0 atom stereocenters. The summed E-state index contributed by atoms with van der Waals surface area (Å²) in [5.74, 6) is -1.03. The molecule has 5 nitrogen and oxygen atoms in total. The maximum Gasteiger partial charge on any atom is 0.270 e. The molecule has 1 fully saturated rings. The lowest BCUT2D eigenvalue weighted by molar-refractivity contribution is -0.122. The molecule has 0 saturated carbocycles. The number of nitrogens with zero attached hydrogens (tertiary/aromatic N) is 2. The van der Waals surface area contributed by atoms with Crippen LogP contribution in [0.3, 0.4) is 0 Å². The number of thiocarbonyl (C=S) groups is 1. The number of anilines is 1. The van der Waals surface area contributed by atoms with Crippen molar-refractivity contribution in [2.75, 3.05) is 4.90 Å². The van der Waals surface area contributed by atoms with Gasteiger partial charge in [0.1, 0.15) is 5.57 Å². The van der Waals surface area contributed by atoms with Crippen molar-refractivity contribution in [2.24, 2.45) is 0 Å². The molecule has 28 heavy (non-hydrogen) atoms. The Hall–Kier alpha value is -2.96. The number of aromatic nitrogens is 1. The number of hydrogen-bond acceptors (Lipinski definition) is 3. The first kappa shape index (κ1) is 18.4. The van der Waals surface area contributed by atoms with E-state index < -0.39 is 11.8 Å². The number of nitrogens with one attached hydrogen (secondary N) is 1. The summed E-state index contributed by atoms with van der Waals surface area (Å²) in [6, 6.07) is 14.7. The van der Waals surface area contributed by atoms with Gasteiger partial charge in [-0.1, -0.05) is 41.9 Å². The molecule has 0 spiro atoms. The number of carbonyl (C=O) groups excluding carboxylic acids is 2. The zero-order chi connectivity index (χ0) is 19.8. The standard InChI is InChI=1S/C21H16ClN3O2S/c1-2-24-12-13(14-7-3-5-9-17(14)24)11-15-19(26)23-21(28)25(20(15)27)18-10-6-4-8-16(18)22/h3-12H,2H2,1H3,(H,23,26,28)/b15-11-. The summed E-state index contributed by atoms with van der Waals surface area (Å²) in [6.07, 6.45) is 3.54. The van der Waals surface area contributed by atoms with Crippen molar-refractivity contribution >= 4 is 63.4 Å². The molecule has 3 aromatic rings. The van der Waals surface area contributed by atoms with Gasteiger partial charge in [0.05, 0.1) is 10.7 Å². The molecule has 0 unspecified atom stereocenters. The second kappa shape index (κ2) is 7.22. The topological polar surface area (TPSA) is 54.3 Å². The Morgan fingerprint density at radius 1 is 1.11 bits per heavy atom. The molecule has 1 aliphatic rings. The van der Waals surface area contributed by atoms with E-state index in [2.05, 4.69) is 9.88 Å². The lowest BCUT2D eigenvalue weighted by Crippen LogP contribution is -2.54. The van der Waals surface area contributed by atoms with Crippen LogP contribution in [0.5, 0.6) is 0 Å². The van der Waals surface area contributed by atoms with Gasteiger partial charge in [-0.3, -0.25) is 19.8 Å². The Labute approximate surface area is 172 Å². The molecule has 0 radical (unpaired) electrons. The van der Waals surface area contributed by atoms with Crippen LogP contribution in [0.1, 0.15) is 12.5 Å². The highest BCUT2D eigenvalue weighted by atomic mass is 35.5. The second-order valence-electron chi connectivity index (χ2n) is 6.30. The Bertz CT molecular complexity index is 1170. The van der Waals surface area contributed by atoms with Gasteiger partial charge < -0.3 is 4.57 Å². The van der Waals surface area contributed by atoms with Crippen LogP contribution in [0.25, 0.3) is 17.0 Å².